The predicted molar refractivity (Wildman–Crippen MR) is 110 cm³/mol. The smallest absolute Gasteiger partial charge is 0.227 e. The zero-order valence-corrected chi connectivity index (χ0v) is 16.6. The molecule has 0 spiro atoms. The maximum Gasteiger partial charge on any atom is 0.227 e. The number of rotatable bonds is 6. The van der Waals surface area contributed by atoms with Gasteiger partial charge < -0.3 is 14.8 Å². The minimum atomic E-state index is 0.145. The summed E-state index contributed by atoms with van der Waals surface area (Å²) in [5.41, 5.74) is 3.44. The molecular formula is C23H30N4O. The fraction of sp³-hybridized carbons (Fsp3) is 0.565. The molecular weight excluding hydrogens is 348 g/mol. The van der Waals surface area contributed by atoms with Crippen LogP contribution in [0, 0.1) is 11.8 Å². The third kappa shape index (κ3) is 3.86. The summed E-state index contributed by atoms with van der Waals surface area (Å²) in [7, 11) is 0. The first kappa shape index (κ1) is 17.9. The Balaban J connectivity index is 1.34. The predicted octanol–water partition coefficient (Wildman–Crippen LogP) is 3.23. The lowest BCUT2D eigenvalue weighted by Crippen LogP contribution is -2.43. The maximum atomic E-state index is 13.2. The van der Waals surface area contributed by atoms with Gasteiger partial charge in [0.1, 0.15) is 5.82 Å². The topological polar surface area (TPSA) is 50.2 Å². The number of piperidine rings is 1. The average molecular weight is 379 g/mol. The highest BCUT2D eigenvalue weighted by Gasteiger charge is 2.31. The van der Waals surface area contributed by atoms with Crippen molar-refractivity contribution in [2.24, 2.45) is 11.8 Å². The lowest BCUT2D eigenvalue weighted by atomic mass is 9.97. The van der Waals surface area contributed by atoms with E-state index in [9.17, 15) is 4.79 Å². The molecule has 1 N–H and O–H groups in total. The molecule has 1 aliphatic carbocycles. The van der Waals surface area contributed by atoms with E-state index in [4.69, 9.17) is 4.98 Å². The Hall–Kier alpha value is -2.14. The van der Waals surface area contributed by atoms with Crippen LogP contribution in [0.25, 0.3) is 11.3 Å². The Morgan fingerprint density at radius 3 is 2.96 bits per heavy atom. The number of hydrogen-bond acceptors (Lipinski definition) is 3. The fourth-order valence-corrected chi connectivity index (χ4v) is 4.61. The summed E-state index contributed by atoms with van der Waals surface area (Å²) in [6, 6.07) is 8.63. The lowest BCUT2D eigenvalue weighted by Gasteiger charge is -2.30. The van der Waals surface area contributed by atoms with Crippen molar-refractivity contribution in [3.05, 3.63) is 41.9 Å². The van der Waals surface area contributed by atoms with Crippen molar-refractivity contribution in [1.29, 1.82) is 0 Å². The number of aromatic nitrogens is 2. The summed E-state index contributed by atoms with van der Waals surface area (Å²) >= 11 is 0. The largest absolute Gasteiger partial charge is 0.338 e. The van der Waals surface area contributed by atoms with Crippen molar-refractivity contribution in [3.8, 4) is 11.3 Å². The van der Waals surface area contributed by atoms with Crippen LogP contribution in [-0.4, -0.2) is 40.0 Å². The number of fused-ring (bicyclic) bond motifs is 1. The van der Waals surface area contributed by atoms with E-state index in [1.807, 2.05) is 0 Å². The molecule has 5 nitrogen and oxygen atoms in total. The zero-order valence-electron chi connectivity index (χ0n) is 16.6. The molecule has 3 aliphatic rings. The highest BCUT2D eigenvalue weighted by Crippen LogP contribution is 2.31. The molecule has 2 aromatic rings. The lowest BCUT2D eigenvalue weighted by molar-refractivity contribution is -0.137. The average Bonchev–Trinajstić information content (AvgIpc) is 3.28. The minimum absolute atomic E-state index is 0.145. The van der Waals surface area contributed by atoms with Crippen LogP contribution in [0.5, 0.6) is 0 Å². The summed E-state index contributed by atoms with van der Waals surface area (Å²) in [6.45, 7) is 4.59. The van der Waals surface area contributed by atoms with Crippen molar-refractivity contribution >= 4 is 5.91 Å². The number of nitrogens with zero attached hydrogens (tertiary/aromatic N) is 3. The van der Waals surface area contributed by atoms with Crippen molar-refractivity contribution in [1.82, 2.24) is 19.8 Å². The maximum absolute atomic E-state index is 13.2. The molecule has 5 heteroatoms. The summed E-state index contributed by atoms with van der Waals surface area (Å²) in [6.07, 6.45) is 9.14. The highest BCUT2D eigenvalue weighted by atomic mass is 16.2. The summed E-state index contributed by atoms with van der Waals surface area (Å²) in [5.74, 6) is 2.40. The molecule has 3 heterocycles. The van der Waals surface area contributed by atoms with Gasteiger partial charge >= 0.3 is 0 Å². The summed E-state index contributed by atoms with van der Waals surface area (Å²) < 4.78 is 2.28. The third-order valence-corrected chi connectivity index (χ3v) is 6.39. The quantitative estimate of drug-likeness (QED) is 0.840. The van der Waals surface area contributed by atoms with E-state index in [2.05, 4.69) is 45.2 Å². The normalized spacial score (nSPS) is 21.5. The van der Waals surface area contributed by atoms with Crippen molar-refractivity contribution in [2.45, 2.75) is 51.6 Å². The molecule has 1 saturated heterocycles. The van der Waals surface area contributed by atoms with Crippen LogP contribution in [0.4, 0.5) is 0 Å². The van der Waals surface area contributed by atoms with Gasteiger partial charge in [-0.2, -0.15) is 0 Å². The van der Waals surface area contributed by atoms with E-state index in [0.29, 0.717) is 18.4 Å². The molecule has 1 aromatic heterocycles. The van der Waals surface area contributed by atoms with Gasteiger partial charge in [-0.3, -0.25) is 4.79 Å². The van der Waals surface area contributed by atoms with Crippen LogP contribution < -0.4 is 5.32 Å². The van der Waals surface area contributed by atoms with Gasteiger partial charge in [-0.05, 0) is 56.2 Å². The number of nitrogens with one attached hydrogen (secondary N) is 1. The van der Waals surface area contributed by atoms with Crippen LogP contribution >= 0.6 is 0 Å². The van der Waals surface area contributed by atoms with E-state index < -0.39 is 0 Å². The van der Waals surface area contributed by atoms with E-state index in [-0.39, 0.29) is 5.92 Å². The highest BCUT2D eigenvalue weighted by molar-refractivity contribution is 5.79. The van der Waals surface area contributed by atoms with Crippen LogP contribution in [0.2, 0.25) is 0 Å². The van der Waals surface area contributed by atoms with E-state index in [0.717, 1.165) is 56.7 Å². The SMILES string of the molecule is O=C(C1CCCNC1)N(Cc1cccc(-c2cn3c(n2)CCC3)c1)CC1CC1. The molecule has 1 amide bonds. The molecule has 1 saturated carbocycles. The number of aryl methyl sites for hydroxylation is 2. The van der Waals surface area contributed by atoms with E-state index >= 15 is 0 Å². The first-order valence-corrected chi connectivity index (χ1v) is 10.9. The molecule has 2 fully saturated rings. The Morgan fingerprint density at radius 2 is 2.18 bits per heavy atom. The van der Waals surface area contributed by atoms with Crippen LogP contribution in [0.15, 0.2) is 30.5 Å². The molecule has 1 atom stereocenters. The van der Waals surface area contributed by atoms with Gasteiger partial charge in [-0.15, -0.1) is 0 Å². The first-order chi connectivity index (χ1) is 13.8. The van der Waals surface area contributed by atoms with Crippen LogP contribution in [0.1, 0.15) is 43.5 Å². The number of benzene rings is 1. The fourth-order valence-electron chi connectivity index (χ4n) is 4.61. The minimum Gasteiger partial charge on any atom is -0.338 e. The standard InChI is InChI=1S/C23H30N4O/c28-23(20-6-2-10-24-13-20)27(14-17-8-9-17)15-18-4-1-5-19(12-18)21-16-26-11-3-7-22(26)25-21/h1,4-5,12,16-17,20,24H,2-3,6-11,13-15H2. The van der Waals surface area contributed by atoms with Gasteiger partial charge in [-0.25, -0.2) is 4.98 Å². The number of amides is 1. The monoisotopic (exact) mass is 378 g/mol. The van der Waals surface area contributed by atoms with Gasteiger partial charge in [0.2, 0.25) is 5.91 Å². The van der Waals surface area contributed by atoms with Gasteiger partial charge in [0, 0.05) is 44.4 Å². The molecule has 28 heavy (non-hydrogen) atoms. The second kappa shape index (κ2) is 7.70. The number of imidazole rings is 1. The first-order valence-electron chi connectivity index (χ1n) is 10.9. The molecule has 2 aliphatic heterocycles. The van der Waals surface area contributed by atoms with Gasteiger partial charge in [0.25, 0.3) is 0 Å². The second-order valence-electron chi connectivity index (χ2n) is 8.75. The molecule has 148 valence electrons. The van der Waals surface area contributed by atoms with Crippen molar-refractivity contribution in [3.63, 3.8) is 0 Å². The molecule has 1 unspecified atom stereocenters. The van der Waals surface area contributed by atoms with E-state index in [1.165, 1.54) is 30.7 Å². The Bertz CT molecular complexity index is 827. The van der Waals surface area contributed by atoms with Gasteiger partial charge in [-0.1, -0.05) is 18.2 Å². The molecule has 5 rings (SSSR count). The molecule has 1 aromatic carbocycles. The summed E-state index contributed by atoms with van der Waals surface area (Å²) in [5, 5.41) is 3.39. The number of carbonyl (C=O) groups excluding carboxylic acids is 1. The number of carbonyl (C=O) groups is 1. The molecule has 0 bridgehead atoms. The second-order valence-corrected chi connectivity index (χ2v) is 8.75. The van der Waals surface area contributed by atoms with Gasteiger partial charge in [0.05, 0.1) is 11.6 Å². The third-order valence-electron chi connectivity index (χ3n) is 6.39. The van der Waals surface area contributed by atoms with Crippen molar-refractivity contribution < 1.29 is 4.79 Å². The van der Waals surface area contributed by atoms with Crippen LogP contribution in [0.3, 0.4) is 0 Å². The van der Waals surface area contributed by atoms with E-state index in [1.54, 1.807) is 0 Å². The molecule has 0 radical (unpaired) electrons. The van der Waals surface area contributed by atoms with Gasteiger partial charge in [0.15, 0.2) is 0 Å². The number of hydrogen-bond donors (Lipinski definition) is 1. The van der Waals surface area contributed by atoms with Crippen LogP contribution in [-0.2, 0) is 24.3 Å². The Labute approximate surface area is 167 Å². The zero-order chi connectivity index (χ0) is 18.9. The summed E-state index contributed by atoms with van der Waals surface area (Å²) in [4.78, 5) is 20.1. The van der Waals surface area contributed by atoms with Crippen molar-refractivity contribution in [2.75, 3.05) is 19.6 Å². The Kier molecular flexibility index (Phi) is 4.93. The Morgan fingerprint density at radius 1 is 1.25 bits per heavy atom.